The normalized spacial score (nSPS) is 14.7. The number of carbonyl (C=O) groups excluding carboxylic acids is 2. The van der Waals surface area contributed by atoms with Crippen molar-refractivity contribution in [2.75, 3.05) is 11.9 Å². The second-order valence-corrected chi connectivity index (χ2v) is 9.27. The van der Waals surface area contributed by atoms with Gasteiger partial charge in [-0.05, 0) is 81.6 Å². The summed E-state index contributed by atoms with van der Waals surface area (Å²) in [5.74, 6) is 2.27. The lowest BCUT2D eigenvalue weighted by molar-refractivity contribution is 0.0487. The number of benzene rings is 3. The molecule has 2 N–H and O–H groups in total. The van der Waals surface area contributed by atoms with Gasteiger partial charge < -0.3 is 10.1 Å². The summed E-state index contributed by atoms with van der Waals surface area (Å²) >= 11 is 4.25. The van der Waals surface area contributed by atoms with Crippen LogP contribution in [-0.2, 0) is 0 Å². The van der Waals surface area contributed by atoms with Crippen LogP contribution in [0.1, 0.15) is 32.4 Å². The van der Waals surface area contributed by atoms with Crippen LogP contribution in [0.2, 0.25) is 0 Å². The van der Waals surface area contributed by atoms with Gasteiger partial charge in [-0.15, -0.1) is 6.42 Å². The van der Waals surface area contributed by atoms with E-state index in [9.17, 15) is 9.59 Å². The van der Waals surface area contributed by atoms with E-state index in [4.69, 9.17) is 11.2 Å². The topological polar surface area (TPSA) is 70.7 Å². The largest absolute Gasteiger partial charge is 0.481 e. The van der Waals surface area contributed by atoms with Crippen molar-refractivity contribution in [2.24, 2.45) is 0 Å². The Morgan fingerprint density at radius 1 is 1.12 bits per heavy atom. The van der Waals surface area contributed by atoms with Crippen molar-refractivity contribution >= 4 is 62.7 Å². The summed E-state index contributed by atoms with van der Waals surface area (Å²) in [5, 5.41) is 4.67. The van der Waals surface area contributed by atoms with Crippen molar-refractivity contribution in [3.05, 3.63) is 90.6 Å². The Bertz CT molecular complexity index is 1240. The Hall–Kier alpha value is -2.78. The summed E-state index contributed by atoms with van der Waals surface area (Å²) in [6, 6.07) is 20.0. The molecule has 0 aromatic heterocycles. The number of hydrogen-bond acceptors (Lipinski definition) is 4. The second kappa shape index (κ2) is 9.79. The second-order valence-electron chi connectivity index (χ2n) is 6.86. The lowest BCUT2D eigenvalue weighted by Crippen LogP contribution is -2.53. The van der Waals surface area contributed by atoms with E-state index in [0.717, 1.165) is 7.14 Å². The van der Waals surface area contributed by atoms with E-state index < -0.39 is 6.17 Å². The third-order valence-corrected chi connectivity index (χ3v) is 6.46. The molecule has 0 saturated carbocycles. The van der Waals surface area contributed by atoms with E-state index in [1.165, 1.54) is 5.01 Å². The van der Waals surface area contributed by atoms with Gasteiger partial charge in [0, 0.05) is 18.4 Å². The van der Waals surface area contributed by atoms with Gasteiger partial charge in [0.1, 0.15) is 12.4 Å². The van der Waals surface area contributed by atoms with Crippen LogP contribution < -0.4 is 15.5 Å². The molecule has 0 saturated heterocycles. The third-order valence-electron chi connectivity index (χ3n) is 4.85. The standard InChI is InChI=1S/C24H17I2N3O3/c1-2-13-32-21-10-6-4-8-17(21)22-27-20-12-11-15(25)14-18(20)24(31)29(22)28-23(30)16-7-3-5-9-19(16)26/h1,3-12,14,22,27H,13H2,(H,28,30). The van der Waals surface area contributed by atoms with Crippen molar-refractivity contribution in [2.45, 2.75) is 6.17 Å². The fourth-order valence-electron chi connectivity index (χ4n) is 3.38. The van der Waals surface area contributed by atoms with E-state index in [0.29, 0.717) is 28.1 Å². The predicted octanol–water partition coefficient (Wildman–Crippen LogP) is 4.82. The highest BCUT2D eigenvalue weighted by atomic mass is 127. The van der Waals surface area contributed by atoms with Crippen LogP contribution in [0.3, 0.4) is 0 Å². The molecule has 1 aliphatic rings. The number of rotatable bonds is 5. The van der Waals surface area contributed by atoms with E-state index in [-0.39, 0.29) is 18.4 Å². The zero-order chi connectivity index (χ0) is 22.7. The molecule has 0 fully saturated rings. The zero-order valence-electron chi connectivity index (χ0n) is 16.6. The lowest BCUT2D eigenvalue weighted by Gasteiger charge is -2.38. The molecular weight excluding hydrogens is 632 g/mol. The summed E-state index contributed by atoms with van der Waals surface area (Å²) in [5.41, 5.74) is 5.09. The first-order valence-corrected chi connectivity index (χ1v) is 11.8. The summed E-state index contributed by atoms with van der Waals surface area (Å²) < 4.78 is 7.40. The van der Waals surface area contributed by atoms with Crippen molar-refractivity contribution < 1.29 is 14.3 Å². The van der Waals surface area contributed by atoms with E-state index >= 15 is 0 Å². The number of nitrogens with zero attached hydrogens (tertiary/aromatic N) is 1. The molecule has 3 aromatic carbocycles. The zero-order valence-corrected chi connectivity index (χ0v) is 21.0. The average Bonchev–Trinajstić information content (AvgIpc) is 2.80. The number of hydrogen-bond donors (Lipinski definition) is 2. The van der Waals surface area contributed by atoms with Gasteiger partial charge in [-0.1, -0.05) is 36.3 Å². The number of carbonyl (C=O) groups is 2. The summed E-state index contributed by atoms with van der Waals surface area (Å²) in [7, 11) is 0. The molecule has 0 spiro atoms. The van der Waals surface area contributed by atoms with Gasteiger partial charge >= 0.3 is 0 Å². The summed E-state index contributed by atoms with van der Waals surface area (Å²) in [6.07, 6.45) is 4.66. The highest BCUT2D eigenvalue weighted by molar-refractivity contribution is 14.1. The van der Waals surface area contributed by atoms with Gasteiger partial charge in [-0.3, -0.25) is 15.0 Å². The minimum absolute atomic E-state index is 0.0844. The number of amides is 2. The van der Waals surface area contributed by atoms with Gasteiger partial charge in [0.25, 0.3) is 11.8 Å². The number of nitrogens with one attached hydrogen (secondary N) is 2. The highest BCUT2D eigenvalue weighted by Crippen LogP contribution is 2.36. The first-order chi connectivity index (χ1) is 15.5. The Morgan fingerprint density at radius 3 is 2.66 bits per heavy atom. The van der Waals surface area contributed by atoms with E-state index in [2.05, 4.69) is 61.8 Å². The molecule has 6 nitrogen and oxygen atoms in total. The Kier molecular flexibility index (Phi) is 6.86. The number of anilines is 1. The van der Waals surface area contributed by atoms with Crippen molar-refractivity contribution in [1.82, 2.24) is 10.4 Å². The molecule has 1 heterocycles. The first kappa shape index (κ1) is 22.4. The Balaban J connectivity index is 1.77. The molecular formula is C24H17I2N3O3. The number of hydrazine groups is 1. The molecule has 0 radical (unpaired) electrons. The minimum Gasteiger partial charge on any atom is -0.481 e. The minimum atomic E-state index is -0.700. The van der Waals surface area contributed by atoms with Crippen LogP contribution in [0.25, 0.3) is 0 Å². The molecule has 32 heavy (non-hydrogen) atoms. The Labute approximate surface area is 213 Å². The molecule has 4 rings (SSSR count). The molecule has 1 atom stereocenters. The van der Waals surface area contributed by atoms with Crippen LogP contribution in [-0.4, -0.2) is 23.4 Å². The summed E-state index contributed by atoms with van der Waals surface area (Å²) in [6.45, 7) is 0.0844. The fourth-order valence-corrected chi connectivity index (χ4v) is 4.51. The third kappa shape index (κ3) is 4.54. The van der Waals surface area contributed by atoms with Crippen molar-refractivity contribution in [3.63, 3.8) is 0 Å². The lowest BCUT2D eigenvalue weighted by atomic mass is 10.0. The van der Waals surface area contributed by atoms with Gasteiger partial charge in [0.05, 0.1) is 11.1 Å². The Morgan fingerprint density at radius 2 is 1.88 bits per heavy atom. The van der Waals surface area contributed by atoms with Crippen LogP contribution >= 0.6 is 45.2 Å². The number of para-hydroxylation sites is 1. The molecule has 3 aromatic rings. The van der Waals surface area contributed by atoms with Crippen LogP contribution in [0.15, 0.2) is 66.7 Å². The summed E-state index contributed by atoms with van der Waals surface area (Å²) in [4.78, 5) is 26.6. The maximum atomic E-state index is 13.5. The number of terminal acetylenes is 1. The predicted molar refractivity (Wildman–Crippen MR) is 139 cm³/mol. The average molecular weight is 649 g/mol. The van der Waals surface area contributed by atoms with Crippen LogP contribution in [0.4, 0.5) is 5.69 Å². The van der Waals surface area contributed by atoms with Gasteiger partial charge in [-0.25, -0.2) is 5.01 Å². The van der Waals surface area contributed by atoms with Crippen molar-refractivity contribution in [1.29, 1.82) is 0 Å². The van der Waals surface area contributed by atoms with Gasteiger partial charge in [-0.2, -0.15) is 0 Å². The molecule has 1 aliphatic heterocycles. The monoisotopic (exact) mass is 649 g/mol. The SMILES string of the molecule is C#CCOc1ccccc1C1Nc2ccc(I)cc2C(=O)N1NC(=O)c1ccccc1I. The molecule has 0 aliphatic carbocycles. The molecule has 160 valence electrons. The van der Waals surface area contributed by atoms with Crippen molar-refractivity contribution in [3.8, 4) is 18.1 Å². The van der Waals surface area contributed by atoms with E-state index in [1.807, 2.05) is 42.5 Å². The fraction of sp³-hybridized carbons (Fsp3) is 0.0833. The van der Waals surface area contributed by atoms with Crippen LogP contribution in [0.5, 0.6) is 5.75 Å². The van der Waals surface area contributed by atoms with Gasteiger partial charge in [0.15, 0.2) is 6.17 Å². The quantitative estimate of drug-likeness (QED) is 0.308. The number of halogens is 2. The number of fused-ring (bicyclic) bond motifs is 1. The molecule has 8 heteroatoms. The first-order valence-electron chi connectivity index (χ1n) is 9.60. The highest BCUT2D eigenvalue weighted by Gasteiger charge is 2.36. The molecule has 1 unspecified atom stereocenters. The van der Waals surface area contributed by atoms with E-state index in [1.54, 1.807) is 24.3 Å². The molecule has 0 bridgehead atoms. The smallest absolute Gasteiger partial charge is 0.276 e. The maximum absolute atomic E-state index is 13.5. The maximum Gasteiger partial charge on any atom is 0.276 e. The number of ether oxygens (including phenoxy) is 1. The van der Waals surface area contributed by atoms with Crippen LogP contribution in [0, 0.1) is 19.5 Å². The molecule has 2 amide bonds. The van der Waals surface area contributed by atoms with Gasteiger partial charge in [0.2, 0.25) is 0 Å².